The van der Waals surface area contributed by atoms with Gasteiger partial charge in [-0.2, -0.15) is 0 Å². The van der Waals surface area contributed by atoms with E-state index in [1.54, 1.807) is 0 Å². The number of carbonyl (C=O) groups is 1. The van der Waals surface area contributed by atoms with Gasteiger partial charge in [-0.15, -0.1) is 5.10 Å². The molecule has 2 N–H and O–H groups in total. The van der Waals surface area contributed by atoms with Gasteiger partial charge in [0.15, 0.2) is 5.78 Å². The summed E-state index contributed by atoms with van der Waals surface area (Å²) in [7, 11) is 1.43. The maximum atomic E-state index is 14.1. The molecule has 37 heavy (non-hydrogen) atoms. The minimum atomic E-state index is -1.95. The van der Waals surface area contributed by atoms with Crippen LogP contribution in [0.1, 0.15) is 39.7 Å². The molecule has 1 spiro atoms. The number of methoxy groups -OCH3 is 1. The van der Waals surface area contributed by atoms with Crippen molar-refractivity contribution in [3.63, 3.8) is 0 Å². The number of nitrogens with zero attached hydrogens (tertiary/aromatic N) is 3. The molecule has 4 saturated carbocycles. The van der Waals surface area contributed by atoms with Gasteiger partial charge in [-0.1, -0.05) is 80.6 Å². The van der Waals surface area contributed by atoms with Crippen molar-refractivity contribution in [1.82, 2.24) is 15.0 Å². The van der Waals surface area contributed by atoms with Gasteiger partial charge < -0.3 is 14.9 Å². The van der Waals surface area contributed by atoms with Crippen LogP contribution in [0.15, 0.2) is 60.8 Å². The zero-order chi connectivity index (χ0) is 26.1. The average Bonchev–Trinajstić information content (AvgIpc) is 3.35. The number of allylic oxidation sites excluding steroid dienone is 3. The van der Waals surface area contributed by atoms with E-state index in [1.165, 1.54) is 7.11 Å². The van der Waals surface area contributed by atoms with Crippen LogP contribution in [-0.4, -0.2) is 50.0 Å². The van der Waals surface area contributed by atoms with E-state index in [0.717, 1.165) is 29.7 Å². The summed E-state index contributed by atoms with van der Waals surface area (Å²) in [4.78, 5) is 14.1. The third-order valence-electron chi connectivity index (χ3n) is 11.3. The highest BCUT2D eigenvalue weighted by Crippen LogP contribution is 2.82. The Morgan fingerprint density at radius 2 is 1.89 bits per heavy atom. The molecule has 5 aliphatic rings. The number of carbonyl (C=O) groups excluding carboxylic acids is 1. The minimum Gasteiger partial charge on any atom is -0.387 e. The van der Waals surface area contributed by atoms with Crippen LogP contribution < -0.4 is 0 Å². The van der Waals surface area contributed by atoms with Crippen LogP contribution in [0.2, 0.25) is 0 Å². The largest absolute Gasteiger partial charge is 0.387 e. The second-order valence-corrected chi connectivity index (χ2v) is 12.8. The number of hydrogen-bond donors (Lipinski definition) is 2. The molecule has 5 aliphatic carbocycles. The molecule has 0 radical (unpaired) electrons. The van der Waals surface area contributed by atoms with Crippen LogP contribution in [0.3, 0.4) is 0 Å². The Bertz CT molecular complexity index is 1350. The van der Waals surface area contributed by atoms with Gasteiger partial charge in [0.25, 0.3) is 0 Å². The fourth-order valence-electron chi connectivity index (χ4n) is 9.95. The second-order valence-electron chi connectivity index (χ2n) is 12.8. The lowest BCUT2D eigenvalue weighted by Gasteiger charge is -2.80. The fraction of sp³-hybridized carbons (Fsp3) is 0.567. The second kappa shape index (κ2) is 7.07. The van der Waals surface area contributed by atoms with Gasteiger partial charge in [0, 0.05) is 29.9 Å². The minimum absolute atomic E-state index is 0.0128. The van der Waals surface area contributed by atoms with E-state index in [-0.39, 0.29) is 41.4 Å². The number of rotatable bonds is 3. The highest BCUT2D eigenvalue weighted by atomic mass is 16.6. The van der Waals surface area contributed by atoms with Gasteiger partial charge in [0.05, 0.1) is 17.7 Å². The molecule has 0 amide bonds. The fourth-order valence-corrected chi connectivity index (χ4v) is 9.95. The summed E-state index contributed by atoms with van der Waals surface area (Å²) in [5, 5.41) is 33.4. The van der Waals surface area contributed by atoms with Gasteiger partial charge in [-0.3, -0.25) is 4.79 Å². The zero-order valence-corrected chi connectivity index (χ0v) is 21.8. The first kappa shape index (κ1) is 23.5. The van der Waals surface area contributed by atoms with Crippen LogP contribution in [0, 0.1) is 45.8 Å². The van der Waals surface area contributed by atoms with Crippen LogP contribution in [0.4, 0.5) is 0 Å². The molecular formula is C30H35N3O4. The Balaban J connectivity index is 1.42. The molecule has 1 unspecified atom stereocenters. The number of hydrogen-bond acceptors (Lipinski definition) is 6. The van der Waals surface area contributed by atoms with Crippen LogP contribution >= 0.6 is 0 Å². The van der Waals surface area contributed by atoms with Crippen molar-refractivity contribution in [3.05, 3.63) is 60.8 Å². The standard InChI is InChI=1S/C30H35N3O4/c1-16-18-11-12-20-28(4)21(33-15-19(31-32-33)17-9-7-6-8-10-17)13-14-27(2,3)24(28)26(35)30(36,37-5)29(20)23(18)22(16)25(29)34/h6-10,13-15,18,20-24,26,35-36H,1,11-12H2,2-5H3/t18-,20-,21-,22?,23-,24+,26-,28+,29+,30+/m0/s1. The number of ketones is 1. The van der Waals surface area contributed by atoms with Crippen LogP contribution in [-0.2, 0) is 9.53 Å². The molecular weight excluding hydrogens is 466 g/mol. The Kier molecular flexibility index (Phi) is 4.49. The smallest absolute Gasteiger partial charge is 0.205 e. The molecule has 7 nitrogen and oxygen atoms in total. The predicted octanol–water partition coefficient (Wildman–Crippen LogP) is 3.81. The van der Waals surface area contributed by atoms with Crippen molar-refractivity contribution < 1.29 is 19.7 Å². The molecule has 7 heteroatoms. The highest BCUT2D eigenvalue weighted by Gasteiger charge is 2.88. The Morgan fingerprint density at radius 3 is 2.59 bits per heavy atom. The maximum absolute atomic E-state index is 14.1. The molecule has 0 bridgehead atoms. The van der Waals surface area contributed by atoms with E-state index in [2.05, 4.69) is 49.8 Å². The monoisotopic (exact) mass is 501 g/mol. The quantitative estimate of drug-likeness (QED) is 0.490. The summed E-state index contributed by atoms with van der Waals surface area (Å²) in [5.74, 6) is -2.64. The molecule has 0 saturated heterocycles. The van der Waals surface area contributed by atoms with Gasteiger partial charge in [-0.05, 0) is 36.0 Å². The Morgan fingerprint density at radius 1 is 1.16 bits per heavy atom. The first-order valence-corrected chi connectivity index (χ1v) is 13.4. The van der Waals surface area contributed by atoms with E-state index in [1.807, 2.05) is 41.2 Å². The SMILES string of the molecule is C=C1C2C(=O)[C@]34[C@H]2[C@H]1CC[C@H]3[C@]1(C)[C@@H](n2cc(-c3ccccc3)nn2)C=CC(C)(C)[C@H]1[C@H](O)[C@@]4(O)OC. The van der Waals surface area contributed by atoms with Crippen molar-refractivity contribution in [1.29, 1.82) is 0 Å². The molecule has 7 rings (SSSR count). The summed E-state index contributed by atoms with van der Waals surface area (Å²) in [6.45, 7) is 10.6. The van der Waals surface area contributed by atoms with E-state index in [4.69, 9.17) is 4.74 Å². The van der Waals surface area contributed by atoms with E-state index in [9.17, 15) is 15.0 Å². The molecule has 2 aromatic rings. The summed E-state index contributed by atoms with van der Waals surface area (Å²) in [5.41, 5.74) is 0.542. The Hall–Kier alpha value is -2.61. The van der Waals surface area contributed by atoms with Crippen LogP contribution in [0.25, 0.3) is 11.3 Å². The number of benzene rings is 1. The number of Topliss-reactive ketones (excluding diaryl/α,β-unsaturated/α-hetero) is 1. The van der Waals surface area contributed by atoms with E-state index < -0.39 is 28.1 Å². The van der Waals surface area contributed by atoms with Crippen molar-refractivity contribution in [2.24, 2.45) is 45.8 Å². The van der Waals surface area contributed by atoms with Gasteiger partial charge in [0.2, 0.25) is 5.79 Å². The zero-order valence-electron chi connectivity index (χ0n) is 21.8. The molecule has 0 aliphatic heterocycles. The molecule has 1 aromatic heterocycles. The lowest BCUT2D eigenvalue weighted by Crippen LogP contribution is -2.88. The number of aliphatic hydroxyl groups is 2. The van der Waals surface area contributed by atoms with Crippen molar-refractivity contribution in [2.45, 2.75) is 51.5 Å². The third-order valence-corrected chi connectivity index (χ3v) is 11.3. The molecule has 10 atom stereocenters. The predicted molar refractivity (Wildman–Crippen MR) is 137 cm³/mol. The van der Waals surface area contributed by atoms with Gasteiger partial charge >= 0.3 is 0 Å². The van der Waals surface area contributed by atoms with Gasteiger partial charge in [0.1, 0.15) is 11.8 Å². The van der Waals surface area contributed by atoms with Crippen molar-refractivity contribution >= 4 is 5.78 Å². The summed E-state index contributed by atoms with van der Waals surface area (Å²) in [6.07, 6.45) is 6.68. The number of aromatic nitrogens is 3. The van der Waals surface area contributed by atoms with Crippen molar-refractivity contribution in [3.8, 4) is 11.3 Å². The lowest BCUT2D eigenvalue weighted by molar-refractivity contribution is -0.410. The lowest BCUT2D eigenvalue weighted by atomic mass is 9.24. The number of fused-ring (bicyclic) bond motifs is 2. The normalized spacial score (nSPS) is 46.8. The maximum Gasteiger partial charge on any atom is 0.205 e. The summed E-state index contributed by atoms with van der Waals surface area (Å²) in [6, 6.07) is 9.69. The topological polar surface area (TPSA) is 97.5 Å². The van der Waals surface area contributed by atoms with Crippen LogP contribution in [0.5, 0.6) is 0 Å². The summed E-state index contributed by atoms with van der Waals surface area (Å²) < 4.78 is 7.74. The number of aliphatic hydroxyl groups excluding tert-OH is 1. The molecule has 1 heterocycles. The summed E-state index contributed by atoms with van der Waals surface area (Å²) >= 11 is 0. The Labute approximate surface area is 217 Å². The third kappa shape index (κ3) is 2.39. The average molecular weight is 502 g/mol. The first-order valence-electron chi connectivity index (χ1n) is 13.4. The molecule has 4 fully saturated rings. The first-order chi connectivity index (χ1) is 17.5. The van der Waals surface area contributed by atoms with Crippen molar-refractivity contribution in [2.75, 3.05) is 7.11 Å². The molecule has 1 aromatic carbocycles. The van der Waals surface area contributed by atoms with E-state index >= 15 is 0 Å². The van der Waals surface area contributed by atoms with Gasteiger partial charge in [-0.25, -0.2) is 4.68 Å². The molecule has 194 valence electrons. The number of ether oxygens (including phenoxy) is 1. The highest BCUT2D eigenvalue weighted by molar-refractivity contribution is 6.01. The van der Waals surface area contributed by atoms with E-state index in [0.29, 0.717) is 0 Å².